The van der Waals surface area contributed by atoms with Crippen LogP contribution < -0.4 is 121 Å². The number of carbonyl (C=O) groups excluding carboxylic acids is 13. The van der Waals surface area contributed by atoms with Crippen LogP contribution in [0.4, 0.5) is 0 Å². The zero-order valence-electron chi connectivity index (χ0n) is 70.0. The Labute approximate surface area is 669 Å². The molecule has 0 aliphatic rings. The standard InChI is InChI=1S/C75H145N25O13/c1-41(2)35-50(76)63(104)91-47(13)60(101)94-54(26-22-32-88-73(79)80)69(110)98-57(38-44(7)8)67(108)86-30-20-17-16-19-29-85-66(107)53(97-72(113)59(40-46(11)12)100-71(112)56(28-24-34-90-75(83)84)96-62(103)49(15)93-65(106)52(78)37-43(5)6)25-18-21-31-87-68(109)58(39-45(9)10)99-70(111)55(27-23-33-89-74(81)82)95-61(102)48(14)92-64(105)51(77)36-42(3)4/h41-59H,16-40,76-78H2,1-15H3,(H,85,107)(H,86,108)(H,87,109)(H,91,104)(H,92,105)(H,93,106)(H,94,101)(H,95,102)(H,96,103)(H,97,113)(H,98,110)(H,99,111)(H,100,112)(H4,79,80,88)(H4,81,82,89)(H4,83,84,90)/t47-,48-,49-,50-,51-,52-,53-,54-,55-,56-,57-,58-,59-/m0/s1. The van der Waals surface area contributed by atoms with Crippen molar-refractivity contribution in [2.24, 2.45) is 102 Å². The van der Waals surface area contributed by atoms with Crippen molar-refractivity contribution in [2.75, 3.05) is 39.3 Å². The van der Waals surface area contributed by atoms with Crippen LogP contribution in [0, 0.1) is 35.5 Å². The van der Waals surface area contributed by atoms with E-state index >= 15 is 0 Å². The molecule has 0 fully saturated rings. The summed E-state index contributed by atoms with van der Waals surface area (Å²) in [6.45, 7) is 27.8. The fourth-order valence-electron chi connectivity index (χ4n) is 11.8. The zero-order valence-corrected chi connectivity index (χ0v) is 70.0. The number of guanidine groups is 3. The maximum Gasteiger partial charge on any atom is 0.243 e. The molecule has 0 aliphatic carbocycles. The van der Waals surface area contributed by atoms with Crippen LogP contribution in [0.2, 0.25) is 0 Å². The maximum atomic E-state index is 14.6. The van der Waals surface area contributed by atoms with Crippen molar-refractivity contribution >= 4 is 94.7 Å². The first kappa shape index (κ1) is 104. The second kappa shape index (κ2) is 56.9. The second-order valence-electron chi connectivity index (χ2n) is 31.8. The smallest absolute Gasteiger partial charge is 0.243 e. The predicted molar refractivity (Wildman–Crippen MR) is 438 cm³/mol. The van der Waals surface area contributed by atoms with Crippen LogP contribution >= 0.6 is 0 Å². The van der Waals surface area contributed by atoms with Crippen LogP contribution in [0.3, 0.4) is 0 Å². The minimum Gasteiger partial charge on any atom is -0.370 e. The highest BCUT2D eigenvalue weighted by Crippen LogP contribution is 2.15. The highest BCUT2D eigenvalue weighted by molar-refractivity contribution is 5.98. The molecule has 0 saturated carbocycles. The van der Waals surface area contributed by atoms with Crippen LogP contribution in [0.15, 0.2) is 15.0 Å². The number of nitrogens with one attached hydrogen (secondary N) is 13. The van der Waals surface area contributed by atoms with E-state index in [0.29, 0.717) is 44.9 Å². The summed E-state index contributed by atoms with van der Waals surface area (Å²) in [5.41, 5.74) is 51.4. The Morgan fingerprint density at radius 3 is 0.690 bits per heavy atom. The van der Waals surface area contributed by atoms with Gasteiger partial charge in [0.15, 0.2) is 17.9 Å². The average Bonchev–Trinajstić information content (AvgIpc) is 0.875. The van der Waals surface area contributed by atoms with Gasteiger partial charge in [0.25, 0.3) is 0 Å². The Bertz CT molecular complexity index is 3050. The van der Waals surface area contributed by atoms with Crippen LogP contribution in [0.1, 0.15) is 226 Å². The number of rotatable bonds is 59. The number of amides is 13. The molecular weight excluding hydrogens is 1460 g/mol. The number of nitrogens with zero attached hydrogens (tertiary/aromatic N) is 3. The Morgan fingerprint density at radius 2 is 0.434 bits per heavy atom. The molecule has 0 aromatic carbocycles. The lowest BCUT2D eigenvalue weighted by molar-refractivity contribution is -0.135. The number of carbonyl (C=O) groups is 13. The lowest BCUT2D eigenvalue weighted by atomic mass is 10.0. The first-order valence-electron chi connectivity index (χ1n) is 40.1. The van der Waals surface area contributed by atoms with Crippen molar-refractivity contribution in [1.29, 1.82) is 0 Å². The molecule has 0 unspecified atom stereocenters. The minimum atomic E-state index is -1.26. The minimum absolute atomic E-state index is 0.00353. The molecule has 31 N–H and O–H groups in total. The van der Waals surface area contributed by atoms with Crippen molar-refractivity contribution in [3.8, 4) is 0 Å². The van der Waals surface area contributed by atoms with Crippen molar-refractivity contribution in [3.63, 3.8) is 0 Å². The van der Waals surface area contributed by atoms with Crippen molar-refractivity contribution in [1.82, 2.24) is 69.1 Å². The number of hydrogen-bond donors (Lipinski definition) is 22. The van der Waals surface area contributed by atoms with E-state index in [0.717, 1.165) is 0 Å². The molecule has 0 radical (unpaired) electrons. The quantitative estimate of drug-likeness (QED) is 0.0169. The molecular formula is C75H145N25O13. The SMILES string of the molecule is CC(C)C[C@H](NC(=O)[C@H](CCCN=C(N)N)NC(=O)[C@H](C)NC(=O)[C@@H](N)CC(C)C)C(=O)NCCCCCCNC(=O)[C@H](CCCCNC(=O)[C@H](CC(C)C)NC(=O)[C@H](CCCN=C(N)N)NC(=O)[C@H](C)NC(=O)[C@@H](N)CC(C)C)NC(=O)[C@H](CC(C)C)NC(=O)[C@H](CCCN=C(N)N)NC(=O)[C@H](C)NC(=O)[C@@H](N)CC(C)C. The molecule has 648 valence electrons. The first-order chi connectivity index (χ1) is 52.8. The molecule has 0 heterocycles. The molecule has 0 spiro atoms. The predicted octanol–water partition coefficient (Wildman–Crippen LogP) is -2.61. The number of hydrogen-bond acceptors (Lipinski definition) is 19. The summed E-state index contributed by atoms with van der Waals surface area (Å²) in [4.78, 5) is 190. The van der Waals surface area contributed by atoms with Crippen LogP contribution in [0.5, 0.6) is 0 Å². The van der Waals surface area contributed by atoms with Gasteiger partial charge in [0.05, 0.1) is 18.1 Å². The molecule has 0 saturated heterocycles. The molecule has 13 amide bonds. The summed E-state index contributed by atoms with van der Waals surface area (Å²) in [6.07, 6.45) is 5.31. The van der Waals surface area contributed by atoms with Gasteiger partial charge in [-0.2, -0.15) is 0 Å². The molecule has 0 aromatic rings. The number of aliphatic imine (C=N–C) groups is 3. The van der Waals surface area contributed by atoms with E-state index in [1.807, 2.05) is 83.1 Å². The third-order valence-electron chi connectivity index (χ3n) is 17.8. The van der Waals surface area contributed by atoms with Gasteiger partial charge in [0.2, 0.25) is 76.8 Å². The number of nitrogens with two attached hydrogens (primary N) is 9. The van der Waals surface area contributed by atoms with Gasteiger partial charge in [-0.15, -0.1) is 0 Å². The third kappa shape index (κ3) is 48.5. The molecule has 38 heteroatoms. The molecule has 0 aromatic heterocycles. The van der Waals surface area contributed by atoms with Gasteiger partial charge >= 0.3 is 0 Å². The highest BCUT2D eigenvalue weighted by Gasteiger charge is 2.35. The molecule has 38 nitrogen and oxygen atoms in total. The van der Waals surface area contributed by atoms with E-state index in [1.54, 1.807) is 0 Å². The van der Waals surface area contributed by atoms with Gasteiger partial charge in [0, 0.05) is 39.3 Å². The lowest BCUT2D eigenvalue weighted by Crippen LogP contribution is -2.58. The average molecular weight is 1610 g/mol. The summed E-state index contributed by atoms with van der Waals surface area (Å²) in [5, 5.41) is 35.8. The van der Waals surface area contributed by atoms with E-state index in [2.05, 4.69) is 84.1 Å². The van der Waals surface area contributed by atoms with E-state index in [9.17, 15) is 62.3 Å². The normalized spacial score (nSPS) is 14.8. The highest BCUT2D eigenvalue weighted by atomic mass is 16.2. The molecule has 13 atom stereocenters. The van der Waals surface area contributed by atoms with Crippen molar-refractivity contribution in [3.05, 3.63) is 0 Å². The largest absolute Gasteiger partial charge is 0.370 e. The summed E-state index contributed by atoms with van der Waals surface area (Å²) < 4.78 is 0. The fourth-order valence-corrected chi connectivity index (χ4v) is 11.8. The van der Waals surface area contributed by atoms with Gasteiger partial charge in [-0.3, -0.25) is 77.3 Å². The van der Waals surface area contributed by atoms with E-state index < -0.39 is 155 Å². The van der Waals surface area contributed by atoms with Crippen molar-refractivity contribution in [2.45, 2.75) is 304 Å². The summed E-state index contributed by atoms with van der Waals surface area (Å²) in [7, 11) is 0. The van der Waals surface area contributed by atoms with Gasteiger partial charge in [-0.05, 0) is 165 Å². The van der Waals surface area contributed by atoms with Crippen molar-refractivity contribution < 1.29 is 62.3 Å². The molecule has 0 bridgehead atoms. The monoisotopic (exact) mass is 1600 g/mol. The van der Waals surface area contributed by atoms with Gasteiger partial charge in [-0.1, -0.05) is 95.9 Å². The van der Waals surface area contributed by atoms with Gasteiger partial charge < -0.3 is 121 Å². The molecule has 0 rings (SSSR count). The Balaban J connectivity index is 6.82. The fraction of sp³-hybridized carbons (Fsp3) is 0.787. The summed E-state index contributed by atoms with van der Waals surface area (Å²) in [5.74, 6) is -8.49. The molecule has 0 aliphatic heterocycles. The summed E-state index contributed by atoms with van der Waals surface area (Å²) in [6, 6.07) is -13.9. The zero-order chi connectivity index (χ0) is 86.2. The van der Waals surface area contributed by atoms with Gasteiger partial charge in [0.1, 0.15) is 60.4 Å². The van der Waals surface area contributed by atoms with E-state index in [1.165, 1.54) is 20.8 Å². The van der Waals surface area contributed by atoms with E-state index in [-0.39, 0.29) is 170 Å². The third-order valence-corrected chi connectivity index (χ3v) is 17.8. The Hall–Kier alpha value is -9.20. The first-order valence-corrected chi connectivity index (χ1v) is 40.1. The lowest BCUT2D eigenvalue weighted by Gasteiger charge is -2.27. The van der Waals surface area contributed by atoms with E-state index in [4.69, 9.17) is 51.6 Å². The second-order valence-corrected chi connectivity index (χ2v) is 31.8. The Kier molecular flexibility index (Phi) is 52.3. The molecule has 113 heavy (non-hydrogen) atoms. The summed E-state index contributed by atoms with van der Waals surface area (Å²) >= 11 is 0. The van der Waals surface area contributed by atoms with Crippen LogP contribution in [-0.2, 0) is 62.3 Å². The van der Waals surface area contributed by atoms with Crippen LogP contribution in [-0.4, -0.2) is 212 Å². The Morgan fingerprint density at radius 1 is 0.230 bits per heavy atom. The number of unbranched alkanes of at least 4 members (excludes halogenated alkanes) is 4. The topological polar surface area (TPSA) is 650 Å². The van der Waals surface area contributed by atoms with Crippen LogP contribution in [0.25, 0.3) is 0 Å². The van der Waals surface area contributed by atoms with Gasteiger partial charge in [-0.25, -0.2) is 0 Å². The maximum absolute atomic E-state index is 14.6.